The van der Waals surface area contributed by atoms with Crippen molar-refractivity contribution in [3.63, 3.8) is 0 Å². The van der Waals surface area contributed by atoms with E-state index in [1.165, 1.54) is 29.2 Å². The molecule has 31 heavy (non-hydrogen) atoms. The third kappa shape index (κ3) is 5.60. The lowest BCUT2D eigenvalue weighted by Crippen LogP contribution is -2.46. The molecule has 0 aromatic heterocycles. The second kappa shape index (κ2) is 9.48. The lowest BCUT2D eigenvalue weighted by Gasteiger charge is -2.37. The number of fused-ring (bicyclic) bond motifs is 1. The van der Waals surface area contributed by atoms with Crippen LogP contribution in [0.5, 0.6) is 5.75 Å². The summed E-state index contributed by atoms with van der Waals surface area (Å²) in [6, 6.07) is 12.8. The average Bonchev–Trinajstić information content (AvgIpc) is 2.74. The van der Waals surface area contributed by atoms with Crippen LogP contribution in [0.1, 0.15) is 71.3 Å². The summed E-state index contributed by atoms with van der Waals surface area (Å²) in [5.74, 6) is 1.77. The molecule has 0 bridgehead atoms. The first-order valence-electron chi connectivity index (χ1n) is 12.1. The number of aliphatic hydroxyl groups is 2. The number of nitrogens with zero attached hydrogens (tertiary/aromatic N) is 1. The fourth-order valence-electron chi connectivity index (χ4n) is 5.47. The molecule has 2 N–H and O–H groups in total. The van der Waals surface area contributed by atoms with Crippen molar-refractivity contribution in [2.24, 2.45) is 11.3 Å². The van der Waals surface area contributed by atoms with E-state index in [9.17, 15) is 10.2 Å². The zero-order valence-corrected chi connectivity index (χ0v) is 19.4. The molecular weight excluding hydrogens is 386 g/mol. The predicted molar refractivity (Wildman–Crippen MR) is 126 cm³/mol. The van der Waals surface area contributed by atoms with Crippen molar-refractivity contribution in [3.05, 3.63) is 42.0 Å². The maximum atomic E-state index is 9.72. The molecule has 0 radical (unpaired) electrons. The molecule has 1 aliphatic heterocycles. The lowest BCUT2D eigenvalue weighted by molar-refractivity contribution is -0.112. The molecule has 1 unspecified atom stereocenters. The smallest absolute Gasteiger partial charge is 0.167 e. The van der Waals surface area contributed by atoms with Gasteiger partial charge >= 0.3 is 0 Å². The molecule has 0 spiro atoms. The highest BCUT2D eigenvalue weighted by Crippen LogP contribution is 2.39. The van der Waals surface area contributed by atoms with Gasteiger partial charge in [0.25, 0.3) is 0 Å². The molecule has 0 amide bonds. The minimum atomic E-state index is -1.26. The summed E-state index contributed by atoms with van der Waals surface area (Å²) in [5, 5.41) is 21.8. The van der Waals surface area contributed by atoms with Crippen molar-refractivity contribution in [1.29, 1.82) is 0 Å². The monoisotopic (exact) mass is 425 g/mol. The Morgan fingerprint density at radius 3 is 2.35 bits per heavy atom. The Labute approximate surface area is 187 Å². The summed E-state index contributed by atoms with van der Waals surface area (Å²) in [4.78, 5) is 2.21. The standard InChI is InChI=1S/C27H39NO3/c1-27(2,3)22-10-13-23(14-11-22)31-24-12-9-20-16-19(7-8-21(20)17-24)18-28-15-5-4-6-25(28)26(29)30/h7-9,12,16-17,22-23,25-26,29-30H,4-6,10-11,13-15,18H2,1-3H3. The highest BCUT2D eigenvalue weighted by atomic mass is 16.5. The van der Waals surface area contributed by atoms with Gasteiger partial charge in [-0.05, 0) is 90.9 Å². The van der Waals surface area contributed by atoms with Crippen molar-refractivity contribution in [3.8, 4) is 5.75 Å². The van der Waals surface area contributed by atoms with E-state index in [2.05, 4.69) is 62.1 Å². The second-order valence-electron chi connectivity index (χ2n) is 10.7. The maximum absolute atomic E-state index is 9.72. The highest BCUT2D eigenvalue weighted by Gasteiger charge is 2.30. The Kier molecular flexibility index (Phi) is 6.90. The summed E-state index contributed by atoms with van der Waals surface area (Å²) in [6.07, 6.45) is 6.90. The van der Waals surface area contributed by atoms with E-state index in [1.54, 1.807) is 0 Å². The van der Waals surface area contributed by atoms with E-state index in [1.807, 2.05) is 0 Å². The number of aliphatic hydroxyl groups excluding tert-OH is 1. The summed E-state index contributed by atoms with van der Waals surface area (Å²) in [6.45, 7) is 8.74. The molecule has 2 aromatic carbocycles. The lowest BCUT2D eigenvalue weighted by atomic mass is 9.72. The van der Waals surface area contributed by atoms with Crippen LogP contribution in [0.4, 0.5) is 0 Å². The van der Waals surface area contributed by atoms with Crippen LogP contribution >= 0.6 is 0 Å². The molecule has 1 heterocycles. The molecule has 2 aromatic rings. The third-order valence-electron chi connectivity index (χ3n) is 7.47. The number of rotatable bonds is 5. The zero-order valence-electron chi connectivity index (χ0n) is 19.4. The maximum Gasteiger partial charge on any atom is 0.167 e. The van der Waals surface area contributed by atoms with Gasteiger partial charge < -0.3 is 14.9 Å². The molecule has 4 nitrogen and oxygen atoms in total. The van der Waals surface area contributed by atoms with Gasteiger partial charge in [-0.3, -0.25) is 4.90 Å². The minimum Gasteiger partial charge on any atom is -0.490 e. The van der Waals surface area contributed by atoms with Crippen LogP contribution in [0.2, 0.25) is 0 Å². The Balaban J connectivity index is 1.39. The molecule has 1 aliphatic carbocycles. The molecule has 4 rings (SSSR count). The first kappa shape index (κ1) is 22.6. The first-order valence-corrected chi connectivity index (χ1v) is 12.1. The topological polar surface area (TPSA) is 52.9 Å². The van der Waals surface area contributed by atoms with Gasteiger partial charge in [0, 0.05) is 6.54 Å². The SMILES string of the molecule is CC(C)(C)C1CCC(Oc2ccc3cc(CN4CCCCC4C(O)O)ccc3c2)CC1. The molecular formula is C27H39NO3. The van der Waals surface area contributed by atoms with Gasteiger partial charge in [0.1, 0.15) is 5.75 Å². The van der Waals surface area contributed by atoms with Crippen LogP contribution in [0.25, 0.3) is 10.8 Å². The Morgan fingerprint density at radius 1 is 0.935 bits per heavy atom. The molecule has 2 aliphatic rings. The van der Waals surface area contributed by atoms with Crippen molar-refractivity contribution in [1.82, 2.24) is 4.90 Å². The van der Waals surface area contributed by atoms with Gasteiger partial charge in [0.05, 0.1) is 12.1 Å². The molecule has 2 fully saturated rings. The largest absolute Gasteiger partial charge is 0.490 e. The van der Waals surface area contributed by atoms with E-state index in [-0.39, 0.29) is 6.04 Å². The number of ether oxygens (including phenoxy) is 1. The average molecular weight is 426 g/mol. The van der Waals surface area contributed by atoms with Crippen molar-refractivity contribution in [2.45, 2.75) is 90.7 Å². The molecule has 4 heteroatoms. The van der Waals surface area contributed by atoms with E-state index >= 15 is 0 Å². The van der Waals surface area contributed by atoms with Crippen LogP contribution in [-0.4, -0.2) is 40.1 Å². The quantitative estimate of drug-likeness (QED) is 0.622. The second-order valence-corrected chi connectivity index (χ2v) is 10.7. The van der Waals surface area contributed by atoms with Crippen molar-refractivity contribution < 1.29 is 14.9 Å². The van der Waals surface area contributed by atoms with Crippen LogP contribution in [0, 0.1) is 11.3 Å². The molecule has 1 atom stereocenters. The first-order chi connectivity index (χ1) is 14.8. The summed E-state index contributed by atoms with van der Waals surface area (Å²) < 4.78 is 6.35. The number of hydrogen-bond donors (Lipinski definition) is 2. The minimum absolute atomic E-state index is 0.159. The fraction of sp³-hybridized carbons (Fsp3) is 0.630. The third-order valence-corrected chi connectivity index (χ3v) is 7.47. The normalized spacial score (nSPS) is 25.8. The number of benzene rings is 2. The van der Waals surface area contributed by atoms with Crippen molar-refractivity contribution >= 4 is 10.8 Å². The van der Waals surface area contributed by atoms with Gasteiger partial charge in [-0.15, -0.1) is 0 Å². The van der Waals surface area contributed by atoms with Gasteiger partial charge in [0.2, 0.25) is 0 Å². The zero-order chi connectivity index (χ0) is 22.0. The molecule has 170 valence electrons. The van der Waals surface area contributed by atoms with Gasteiger partial charge in [-0.25, -0.2) is 0 Å². The van der Waals surface area contributed by atoms with Gasteiger partial charge in [-0.2, -0.15) is 0 Å². The van der Waals surface area contributed by atoms with Crippen LogP contribution in [0.15, 0.2) is 36.4 Å². The number of piperidine rings is 1. The Hall–Kier alpha value is -1.62. The van der Waals surface area contributed by atoms with E-state index in [4.69, 9.17) is 4.74 Å². The van der Waals surface area contributed by atoms with Gasteiger partial charge in [-0.1, -0.05) is 45.4 Å². The van der Waals surface area contributed by atoms with E-state index < -0.39 is 6.29 Å². The van der Waals surface area contributed by atoms with Crippen LogP contribution < -0.4 is 4.74 Å². The summed E-state index contributed by atoms with van der Waals surface area (Å²) in [7, 11) is 0. The van der Waals surface area contributed by atoms with E-state index in [0.717, 1.165) is 56.9 Å². The molecule has 1 saturated carbocycles. The Bertz CT molecular complexity index is 864. The Morgan fingerprint density at radius 2 is 1.65 bits per heavy atom. The van der Waals surface area contributed by atoms with E-state index in [0.29, 0.717) is 11.5 Å². The van der Waals surface area contributed by atoms with Crippen molar-refractivity contribution in [2.75, 3.05) is 6.54 Å². The van der Waals surface area contributed by atoms with Crippen LogP contribution in [-0.2, 0) is 6.54 Å². The number of likely N-dealkylation sites (tertiary alicyclic amines) is 1. The van der Waals surface area contributed by atoms with Crippen LogP contribution in [0.3, 0.4) is 0 Å². The number of hydrogen-bond acceptors (Lipinski definition) is 4. The highest BCUT2D eigenvalue weighted by molar-refractivity contribution is 5.84. The molecule has 1 saturated heterocycles. The fourth-order valence-corrected chi connectivity index (χ4v) is 5.47. The predicted octanol–water partition coefficient (Wildman–Crippen LogP) is 5.49. The summed E-state index contributed by atoms with van der Waals surface area (Å²) >= 11 is 0. The van der Waals surface area contributed by atoms with Gasteiger partial charge in [0.15, 0.2) is 6.29 Å². The summed E-state index contributed by atoms with van der Waals surface area (Å²) in [5.41, 5.74) is 1.61.